The van der Waals surface area contributed by atoms with Crippen molar-refractivity contribution in [2.45, 2.75) is 33.2 Å². The van der Waals surface area contributed by atoms with E-state index in [0.717, 1.165) is 22.4 Å². The summed E-state index contributed by atoms with van der Waals surface area (Å²) in [5, 5.41) is 0. The van der Waals surface area contributed by atoms with Crippen LogP contribution in [0.4, 0.5) is 0 Å². The molecule has 0 fully saturated rings. The van der Waals surface area contributed by atoms with Crippen LogP contribution in [-0.4, -0.2) is 42.3 Å². The van der Waals surface area contributed by atoms with Crippen molar-refractivity contribution >= 4 is 11.7 Å². The van der Waals surface area contributed by atoms with Crippen molar-refractivity contribution in [3.63, 3.8) is 0 Å². The Morgan fingerprint density at radius 3 is 2.28 bits per heavy atom. The Kier molecular flexibility index (Phi) is 5.78. The van der Waals surface area contributed by atoms with Gasteiger partial charge in [-0.25, -0.2) is 0 Å². The van der Waals surface area contributed by atoms with Gasteiger partial charge in [-0.1, -0.05) is 30.3 Å². The van der Waals surface area contributed by atoms with Crippen LogP contribution in [0.3, 0.4) is 0 Å². The Morgan fingerprint density at radius 2 is 1.69 bits per heavy atom. The van der Waals surface area contributed by atoms with Crippen LogP contribution in [0.15, 0.2) is 42.5 Å². The number of amides is 1. The fraction of sp³-hybridized carbons (Fsp3) is 0.308. The lowest BCUT2D eigenvalue weighted by Gasteiger charge is -2.38. The maximum Gasteiger partial charge on any atom is 0.271 e. The lowest BCUT2D eigenvalue weighted by Crippen LogP contribution is -2.41. The number of nitrogens with zero attached hydrogens (tertiary/aromatic N) is 1. The summed E-state index contributed by atoms with van der Waals surface area (Å²) in [5.74, 6) is 1.15. The number of Topliss-reactive ketones (excluding diaryl/α,β-unsaturated/α-hetero) is 1. The first kappa shape index (κ1) is 21.7. The number of benzene rings is 2. The zero-order valence-corrected chi connectivity index (χ0v) is 19.1. The molecule has 32 heavy (non-hydrogen) atoms. The van der Waals surface area contributed by atoms with Gasteiger partial charge in [0.05, 0.1) is 20.3 Å². The maximum absolute atomic E-state index is 13.8. The van der Waals surface area contributed by atoms with Crippen molar-refractivity contribution in [1.82, 2.24) is 9.88 Å². The number of ketones is 1. The molecule has 1 aliphatic heterocycles. The van der Waals surface area contributed by atoms with Gasteiger partial charge < -0.3 is 19.4 Å². The third-order valence-corrected chi connectivity index (χ3v) is 6.25. The van der Waals surface area contributed by atoms with E-state index >= 15 is 0 Å². The van der Waals surface area contributed by atoms with Gasteiger partial charge in [-0.05, 0) is 61.6 Å². The monoisotopic (exact) mass is 432 g/mol. The number of aryl methyl sites for hydroxylation is 1. The van der Waals surface area contributed by atoms with E-state index in [9.17, 15) is 9.59 Å². The molecule has 0 radical (unpaired) electrons. The normalized spacial score (nSPS) is 15.3. The number of nitrogens with one attached hydrogen (secondary N) is 1. The summed E-state index contributed by atoms with van der Waals surface area (Å²) < 4.78 is 11.1. The third-order valence-electron chi connectivity index (χ3n) is 6.25. The molecular weight excluding hydrogens is 404 g/mol. The highest BCUT2D eigenvalue weighted by molar-refractivity contribution is 6.02. The van der Waals surface area contributed by atoms with Crippen molar-refractivity contribution in [2.75, 3.05) is 20.8 Å². The second-order valence-electron chi connectivity index (χ2n) is 8.15. The lowest BCUT2D eigenvalue weighted by atomic mass is 9.87. The molecule has 1 unspecified atom stereocenters. The number of H-pyrrole nitrogens is 1. The van der Waals surface area contributed by atoms with Crippen molar-refractivity contribution in [3.05, 3.63) is 81.7 Å². The number of carbonyl (C=O) groups excluding carboxylic acids is 2. The molecule has 166 valence electrons. The highest BCUT2D eigenvalue weighted by atomic mass is 16.5. The van der Waals surface area contributed by atoms with Crippen LogP contribution in [0, 0.1) is 13.8 Å². The summed E-state index contributed by atoms with van der Waals surface area (Å²) in [7, 11) is 3.24. The first-order chi connectivity index (χ1) is 15.4. The van der Waals surface area contributed by atoms with Crippen molar-refractivity contribution in [2.24, 2.45) is 0 Å². The van der Waals surface area contributed by atoms with Crippen LogP contribution in [0.5, 0.6) is 11.5 Å². The number of hydrogen-bond donors (Lipinski definition) is 1. The molecule has 2 heterocycles. The molecule has 1 aliphatic rings. The van der Waals surface area contributed by atoms with E-state index in [1.807, 2.05) is 61.2 Å². The minimum atomic E-state index is -0.281. The van der Waals surface area contributed by atoms with Crippen LogP contribution in [-0.2, 0) is 6.42 Å². The molecule has 6 nitrogen and oxygen atoms in total. The van der Waals surface area contributed by atoms with Gasteiger partial charge in [0.1, 0.15) is 5.69 Å². The smallest absolute Gasteiger partial charge is 0.271 e. The van der Waals surface area contributed by atoms with Gasteiger partial charge in [0, 0.05) is 17.8 Å². The number of hydrogen-bond acceptors (Lipinski definition) is 4. The minimum Gasteiger partial charge on any atom is -0.493 e. The SMILES string of the molecule is COc1cc2c(cc1OC)C(c1ccccc1)N(C(=O)c1[nH]c(C)c(C(C)=O)c1C)CC2. The van der Waals surface area contributed by atoms with Crippen molar-refractivity contribution in [3.8, 4) is 11.5 Å². The Hall–Kier alpha value is -3.54. The molecule has 0 saturated carbocycles. The number of carbonyl (C=O) groups is 2. The second kappa shape index (κ2) is 8.54. The van der Waals surface area contributed by atoms with Gasteiger partial charge in [-0.15, -0.1) is 0 Å². The number of rotatable bonds is 5. The summed E-state index contributed by atoms with van der Waals surface area (Å²) in [6.45, 7) is 5.74. The van der Waals surface area contributed by atoms with E-state index in [1.54, 1.807) is 14.2 Å². The topological polar surface area (TPSA) is 71.6 Å². The fourth-order valence-corrected chi connectivity index (χ4v) is 4.79. The molecule has 1 N–H and O–H groups in total. The van der Waals surface area contributed by atoms with Crippen LogP contribution in [0.25, 0.3) is 0 Å². The Balaban J connectivity index is 1.85. The van der Waals surface area contributed by atoms with E-state index in [4.69, 9.17) is 9.47 Å². The fourth-order valence-electron chi connectivity index (χ4n) is 4.79. The average Bonchev–Trinajstić information content (AvgIpc) is 3.11. The highest BCUT2D eigenvalue weighted by Gasteiger charge is 2.35. The van der Waals surface area contributed by atoms with Crippen LogP contribution in [0.2, 0.25) is 0 Å². The van der Waals surface area contributed by atoms with Crippen LogP contribution in [0.1, 0.15) is 61.8 Å². The zero-order valence-electron chi connectivity index (χ0n) is 19.1. The number of aromatic amines is 1. The quantitative estimate of drug-likeness (QED) is 0.596. The number of fused-ring (bicyclic) bond motifs is 1. The predicted octanol–water partition coefficient (Wildman–Crippen LogP) is 4.64. The zero-order chi connectivity index (χ0) is 23.0. The number of ether oxygens (including phenoxy) is 2. The summed E-state index contributed by atoms with van der Waals surface area (Å²) in [6, 6.07) is 13.7. The van der Waals surface area contributed by atoms with Gasteiger partial charge in [-0.3, -0.25) is 9.59 Å². The van der Waals surface area contributed by atoms with E-state index in [2.05, 4.69) is 4.98 Å². The standard InChI is InChI=1S/C26H28N2O4/c1-15-23(17(3)29)16(2)27-24(15)26(30)28-12-11-19-13-21(31-4)22(32-5)14-20(19)25(28)18-9-7-6-8-10-18/h6-10,13-14,25,27H,11-12H2,1-5H3. The average molecular weight is 433 g/mol. The third kappa shape index (κ3) is 3.55. The lowest BCUT2D eigenvalue weighted by molar-refractivity contribution is 0.0688. The molecule has 0 saturated heterocycles. The molecule has 6 heteroatoms. The number of methoxy groups -OCH3 is 2. The largest absolute Gasteiger partial charge is 0.493 e. The van der Waals surface area contributed by atoms with E-state index in [0.29, 0.717) is 41.3 Å². The molecular formula is C26H28N2O4. The summed E-state index contributed by atoms with van der Waals surface area (Å²) in [4.78, 5) is 31.0. The minimum absolute atomic E-state index is 0.0456. The van der Waals surface area contributed by atoms with Gasteiger partial charge in [0.25, 0.3) is 5.91 Å². The Bertz CT molecular complexity index is 1180. The predicted molar refractivity (Wildman–Crippen MR) is 123 cm³/mol. The first-order valence-electron chi connectivity index (χ1n) is 10.7. The second-order valence-corrected chi connectivity index (χ2v) is 8.15. The maximum atomic E-state index is 13.8. The Labute approximate surface area is 188 Å². The molecule has 1 aromatic heterocycles. The van der Waals surface area contributed by atoms with Crippen molar-refractivity contribution < 1.29 is 19.1 Å². The molecule has 2 aromatic carbocycles. The van der Waals surface area contributed by atoms with Gasteiger partial charge in [-0.2, -0.15) is 0 Å². The van der Waals surface area contributed by atoms with Crippen LogP contribution < -0.4 is 9.47 Å². The van der Waals surface area contributed by atoms with Crippen molar-refractivity contribution in [1.29, 1.82) is 0 Å². The number of aromatic nitrogens is 1. The molecule has 3 aromatic rings. The van der Waals surface area contributed by atoms with E-state index in [-0.39, 0.29) is 17.7 Å². The summed E-state index contributed by atoms with van der Waals surface area (Å²) in [5.41, 5.74) is 5.64. The summed E-state index contributed by atoms with van der Waals surface area (Å²) >= 11 is 0. The molecule has 0 aliphatic carbocycles. The van der Waals surface area contributed by atoms with Crippen LogP contribution >= 0.6 is 0 Å². The summed E-state index contributed by atoms with van der Waals surface area (Å²) in [6.07, 6.45) is 0.697. The molecule has 4 rings (SSSR count). The van der Waals surface area contributed by atoms with Gasteiger partial charge in [0.2, 0.25) is 0 Å². The van der Waals surface area contributed by atoms with E-state index in [1.165, 1.54) is 6.92 Å². The molecule has 0 spiro atoms. The first-order valence-corrected chi connectivity index (χ1v) is 10.7. The van der Waals surface area contributed by atoms with E-state index < -0.39 is 0 Å². The van der Waals surface area contributed by atoms with Gasteiger partial charge >= 0.3 is 0 Å². The molecule has 0 bridgehead atoms. The molecule has 1 amide bonds. The molecule has 1 atom stereocenters. The van der Waals surface area contributed by atoms with Gasteiger partial charge in [0.15, 0.2) is 17.3 Å². The Morgan fingerprint density at radius 1 is 1.03 bits per heavy atom. The highest BCUT2D eigenvalue weighted by Crippen LogP contribution is 2.41.